The number of pyridine rings is 1. The van der Waals surface area contributed by atoms with Gasteiger partial charge in [0.15, 0.2) is 0 Å². The predicted octanol–water partition coefficient (Wildman–Crippen LogP) is 1.95. The van der Waals surface area contributed by atoms with Crippen LogP contribution in [0.5, 0.6) is 0 Å². The molecule has 0 aromatic carbocycles. The third-order valence-electron chi connectivity index (χ3n) is 1.64. The first kappa shape index (κ1) is 9.71. The zero-order chi connectivity index (χ0) is 9.84. The van der Waals surface area contributed by atoms with Gasteiger partial charge in [0.25, 0.3) is 5.56 Å². The monoisotopic (exact) mass is 181 g/mol. The quantitative estimate of drug-likeness (QED) is 0.639. The Morgan fingerprint density at radius 1 is 1.54 bits per heavy atom. The van der Waals surface area contributed by atoms with Gasteiger partial charge in [-0.2, -0.15) is 0 Å². The van der Waals surface area contributed by atoms with Gasteiger partial charge in [0.1, 0.15) is 5.82 Å². The first-order chi connectivity index (χ1) is 6.09. The van der Waals surface area contributed by atoms with Crippen molar-refractivity contribution in [3.05, 3.63) is 46.1 Å². The third kappa shape index (κ3) is 2.86. The van der Waals surface area contributed by atoms with E-state index in [1.807, 2.05) is 19.9 Å². The lowest BCUT2D eigenvalue weighted by Crippen LogP contribution is -2.17. The molecule has 0 amide bonds. The van der Waals surface area contributed by atoms with E-state index in [9.17, 15) is 9.18 Å². The number of hydrogen-bond donors (Lipinski definition) is 0. The average Bonchev–Trinajstić information content (AvgIpc) is 2.06. The maximum Gasteiger partial charge on any atom is 0.250 e. The van der Waals surface area contributed by atoms with Gasteiger partial charge in [-0.05, 0) is 19.9 Å². The molecule has 0 atom stereocenters. The van der Waals surface area contributed by atoms with Crippen LogP contribution in [0.1, 0.15) is 13.8 Å². The van der Waals surface area contributed by atoms with Gasteiger partial charge in [-0.1, -0.05) is 11.6 Å². The molecule has 0 saturated heterocycles. The number of rotatable bonds is 2. The van der Waals surface area contributed by atoms with Crippen LogP contribution < -0.4 is 5.56 Å². The molecule has 0 bridgehead atoms. The van der Waals surface area contributed by atoms with Crippen molar-refractivity contribution in [1.29, 1.82) is 0 Å². The lowest BCUT2D eigenvalue weighted by atomic mass is 10.3. The van der Waals surface area contributed by atoms with Crippen LogP contribution in [0.15, 0.2) is 34.8 Å². The highest BCUT2D eigenvalue weighted by atomic mass is 19.1. The molecule has 3 heteroatoms. The maximum atomic E-state index is 12.7. The van der Waals surface area contributed by atoms with Crippen LogP contribution in [0.3, 0.4) is 0 Å². The minimum absolute atomic E-state index is 0.182. The molecule has 2 nitrogen and oxygen atoms in total. The lowest BCUT2D eigenvalue weighted by Gasteiger charge is -2.01. The van der Waals surface area contributed by atoms with Gasteiger partial charge in [0.2, 0.25) is 0 Å². The molecule has 0 radical (unpaired) electrons. The number of nitrogens with zero attached hydrogens (tertiary/aromatic N) is 1. The van der Waals surface area contributed by atoms with Crippen LogP contribution in [0.2, 0.25) is 0 Å². The van der Waals surface area contributed by atoms with Crippen LogP contribution in [0.4, 0.5) is 4.39 Å². The zero-order valence-corrected chi connectivity index (χ0v) is 7.75. The second kappa shape index (κ2) is 4.03. The maximum absolute atomic E-state index is 12.7. The second-order valence-electron chi connectivity index (χ2n) is 3.12. The summed E-state index contributed by atoms with van der Waals surface area (Å²) in [5.74, 6) is -0.387. The lowest BCUT2D eigenvalue weighted by molar-refractivity contribution is 0.597. The van der Waals surface area contributed by atoms with Crippen LogP contribution in [-0.2, 0) is 6.54 Å². The summed E-state index contributed by atoms with van der Waals surface area (Å²) >= 11 is 0. The Bertz CT molecular complexity index is 375. The first-order valence-corrected chi connectivity index (χ1v) is 4.09. The molecule has 1 rings (SSSR count). The van der Waals surface area contributed by atoms with E-state index >= 15 is 0 Å². The molecule has 0 fully saturated rings. The molecule has 0 spiro atoms. The molecule has 13 heavy (non-hydrogen) atoms. The molecule has 1 aromatic rings. The Hall–Kier alpha value is -1.38. The summed E-state index contributed by atoms with van der Waals surface area (Å²) in [6, 6.07) is 2.40. The van der Waals surface area contributed by atoms with Crippen molar-refractivity contribution in [2.45, 2.75) is 20.4 Å². The highest BCUT2D eigenvalue weighted by Gasteiger charge is 1.95. The predicted molar refractivity (Wildman–Crippen MR) is 50.1 cm³/mol. The van der Waals surface area contributed by atoms with Crippen molar-refractivity contribution in [2.24, 2.45) is 0 Å². The van der Waals surface area contributed by atoms with E-state index in [4.69, 9.17) is 0 Å². The summed E-state index contributed by atoms with van der Waals surface area (Å²) in [7, 11) is 0. The summed E-state index contributed by atoms with van der Waals surface area (Å²) in [6.45, 7) is 4.30. The highest BCUT2D eigenvalue weighted by molar-refractivity contribution is 5.00. The summed E-state index contributed by atoms with van der Waals surface area (Å²) in [5.41, 5.74) is 0.926. The first-order valence-electron chi connectivity index (χ1n) is 4.09. The Balaban J connectivity index is 2.94. The average molecular weight is 181 g/mol. The molecule has 70 valence electrons. The van der Waals surface area contributed by atoms with E-state index in [0.29, 0.717) is 6.54 Å². The van der Waals surface area contributed by atoms with Gasteiger partial charge >= 0.3 is 0 Å². The van der Waals surface area contributed by atoms with Gasteiger partial charge in [-0.15, -0.1) is 0 Å². The van der Waals surface area contributed by atoms with Gasteiger partial charge in [0, 0.05) is 18.8 Å². The normalized spacial score (nSPS) is 9.77. The highest BCUT2D eigenvalue weighted by Crippen LogP contribution is 1.94. The van der Waals surface area contributed by atoms with Crippen molar-refractivity contribution in [3.8, 4) is 0 Å². The molecule has 0 saturated carbocycles. The largest absolute Gasteiger partial charge is 0.309 e. The standard InChI is InChI=1S/C10H12FNO/c1-8(2)5-6-12-7-9(11)3-4-10(12)13/h3-5,7H,6H2,1-2H3. The fraction of sp³-hybridized carbons (Fsp3) is 0.300. The minimum Gasteiger partial charge on any atom is -0.309 e. The fourth-order valence-electron chi connectivity index (χ4n) is 0.926. The summed E-state index contributed by atoms with van der Waals surface area (Å²) < 4.78 is 14.0. The number of allylic oxidation sites excluding steroid dienone is 2. The second-order valence-corrected chi connectivity index (χ2v) is 3.12. The third-order valence-corrected chi connectivity index (χ3v) is 1.64. The van der Waals surface area contributed by atoms with Gasteiger partial charge in [0.05, 0.1) is 0 Å². The fourth-order valence-corrected chi connectivity index (χ4v) is 0.926. The molecular weight excluding hydrogens is 169 g/mol. The van der Waals surface area contributed by atoms with E-state index in [1.165, 1.54) is 22.9 Å². The van der Waals surface area contributed by atoms with E-state index in [-0.39, 0.29) is 11.4 Å². The molecule has 1 heterocycles. The molecule has 0 unspecified atom stereocenters. The molecule has 0 aliphatic rings. The van der Waals surface area contributed by atoms with Crippen molar-refractivity contribution < 1.29 is 4.39 Å². The van der Waals surface area contributed by atoms with Crippen LogP contribution in [0, 0.1) is 5.82 Å². The van der Waals surface area contributed by atoms with E-state index < -0.39 is 0 Å². The van der Waals surface area contributed by atoms with Crippen LogP contribution >= 0.6 is 0 Å². The minimum atomic E-state index is -0.387. The molecular formula is C10H12FNO. The van der Waals surface area contributed by atoms with Crippen LogP contribution in [-0.4, -0.2) is 4.57 Å². The SMILES string of the molecule is CC(C)=CCn1cc(F)ccc1=O. The van der Waals surface area contributed by atoms with Crippen molar-refractivity contribution in [2.75, 3.05) is 0 Å². The van der Waals surface area contributed by atoms with Crippen LogP contribution in [0.25, 0.3) is 0 Å². The Labute approximate surface area is 76.3 Å². The van der Waals surface area contributed by atoms with E-state index in [2.05, 4.69) is 0 Å². The number of aromatic nitrogens is 1. The van der Waals surface area contributed by atoms with Crippen molar-refractivity contribution >= 4 is 0 Å². The van der Waals surface area contributed by atoms with Crippen molar-refractivity contribution in [3.63, 3.8) is 0 Å². The topological polar surface area (TPSA) is 22.0 Å². The summed E-state index contributed by atoms with van der Waals surface area (Å²) in [4.78, 5) is 11.2. The smallest absolute Gasteiger partial charge is 0.250 e. The Morgan fingerprint density at radius 2 is 2.23 bits per heavy atom. The Morgan fingerprint density at radius 3 is 2.85 bits per heavy atom. The molecule has 0 N–H and O–H groups in total. The zero-order valence-electron chi connectivity index (χ0n) is 7.75. The van der Waals surface area contributed by atoms with E-state index in [1.54, 1.807) is 0 Å². The van der Waals surface area contributed by atoms with Gasteiger partial charge < -0.3 is 4.57 Å². The molecule has 0 aliphatic heterocycles. The summed E-state index contributed by atoms with van der Waals surface area (Å²) in [6.07, 6.45) is 3.09. The number of hydrogen-bond acceptors (Lipinski definition) is 1. The molecule has 1 aromatic heterocycles. The van der Waals surface area contributed by atoms with Gasteiger partial charge in [-0.3, -0.25) is 4.79 Å². The number of halogens is 1. The van der Waals surface area contributed by atoms with E-state index in [0.717, 1.165) is 5.57 Å². The van der Waals surface area contributed by atoms with Gasteiger partial charge in [-0.25, -0.2) is 4.39 Å². The summed E-state index contributed by atoms with van der Waals surface area (Å²) in [5, 5.41) is 0. The molecule has 0 aliphatic carbocycles. The van der Waals surface area contributed by atoms with Crippen molar-refractivity contribution in [1.82, 2.24) is 4.57 Å². The Kier molecular flexibility index (Phi) is 3.01.